The predicted molar refractivity (Wildman–Crippen MR) is 61.7 cm³/mol. The third kappa shape index (κ3) is 2.25. The fourth-order valence-corrected chi connectivity index (χ4v) is 2.30. The van der Waals surface area contributed by atoms with Crippen LogP contribution in [-0.2, 0) is 0 Å². The Bertz CT molecular complexity index is 224. The van der Waals surface area contributed by atoms with Crippen LogP contribution in [0.4, 0.5) is 4.79 Å². The largest absolute Gasteiger partial charge is 0.328 e. The molecule has 2 N–H and O–H groups in total. The van der Waals surface area contributed by atoms with E-state index < -0.39 is 0 Å². The van der Waals surface area contributed by atoms with Crippen molar-refractivity contribution in [3.05, 3.63) is 0 Å². The molecule has 0 aromatic rings. The van der Waals surface area contributed by atoms with Gasteiger partial charge in [-0.15, -0.1) is 0 Å². The summed E-state index contributed by atoms with van der Waals surface area (Å²) in [5.41, 5.74) is 5.75. The van der Waals surface area contributed by atoms with Crippen molar-refractivity contribution in [2.24, 2.45) is 5.73 Å². The number of likely N-dealkylation sites (N-methyl/N-ethyl adjacent to an activating group) is 1. The molecule has 0 aliphatic heterocycles. The molecule has 0 radical (unpaired) electrons. The van der Waals surface area contributed by atoms with Gasteiger partial charge < -0.3 is 15.5 Å². The van der Waals surface area contributed by atoms with Crippen LogP contribution in [0.5, 0.6) is 0 Å². The molecule has 0 aromatic heterocycles. The number of carbonyl (C=O) groups is 1. The second-order valence-corrected chi connectivity index (χ2v) is 4.49. The number of nitrogens with zero attached hydrogens (tertiary/aromatic N) is 2. The van der Waals surface area contributed by atoms with Crippen molar-refractivity contribution in [2.75, 3.05) is 27.2 Å². The van der Waals surface area contributed by atoms with Gasteiger partial charge in [0.1, 0.15) is 0 Å². The summed E-state index contributed by atoms with van der Waals surface area (Å²) in [6.07, 6.45) is 4.46. The standard InChI is InChI=1S/C11H23N3O/c1-4-13(2)10(15)14(3)11(9-12)7-5-6-8-11/h4-9,12H2,1-3H3. The van der Waals surface area contributed by atoms with Crippen LogP contribution in [0.3, 0.4) is 0 Å². The summed E-state index contributed by atoms with van der Waals surface area (Å²) in [5.74, 6) is 0. The van der Waals surface area contributed by atoms with E-state index in [4.69, 9.17) is 5.73 Å². The molecule has 0 atom stereocenters. The van der Waals surface area contributed by atoms with Crippen molar-refractivity contribution in [3.63, 3.8) is 0 Å². The monoisotopic (exact) mass is 213 g/mol. The molecule has 1 aliphatic carbocycles. The molecule has 1 saturated carbocycles. The van der Waals surface area contributed by atoms with Gasteiger partial charge in [0, 0.05) is 27.2 Å². The van der Waals surface area contributed by atoms with Gasteiger partial charge in [0.25, 0.3) is 0 Å². The van der Waals surface area contributed by atoms with E-state index in [0.29, 0.717) is 6.54 Å². The highest BCUT2D eigenvalue weighted by molar-refractivity contribution is 5.74. The fourth-order valence-electron chi connectivity index (χ4n) is 2.30. The van der Waals surface area contributed by atoms with Gasteiger partial charge in [-0.2, -0.15) is 0 Å². The SMILES string of the molecule is CCN(C)C(=O)N(C)C1(CN)CCCC1. The van der Waals surface area contributed by atoms with E-state index in [1.807, 2.05) is 25.9 Å². The fraction of sp³-hybridized carbons (Fsp3) is 0.909. The zero-order valence-corrected chi connectivity index (χ0v) is 10.1. The lowest BCUT2D eigenvalue weighted by Crippen LogP contribution is -2.55. The second-order valence-electron chi connectivity index (χ2n) is 4.49. The van der Waals surface area contributed by atoms with Crippen LogP contribution in [0, 0.1) is 0 Å². The van der Waals surface area contributed by atoms with E-state index in [1.165, 1.54) is 12.8 Å². The van der Waals surface area contributed by atoms with Crippen LogP contribution < -0.4 is 5.73 Å². The first-order chi connectivity index (χ1) is 7.07. The van der Waals surface area contributed by atoms with Gasteiger partial charge >= 0.3 is 6.03 Å². The lowest BCUT2D eigenvalue weighted by Gasteiger charge is -2.39. The lowest BCUT2D eigenvalue weighted by molar-refractivity contribution is 0.116. The first-order valence-electron chi connectivity index (χ1n) is 5.76. The molecule has 0 spiro atoms. The Balaban J connectivity index is 2.72. The molecule has 1 fully saturated rings. The van der Waals surface area contributed by atoms with E-state index >= 15 is 0 Å². The molecular formula is C11H23N3O. The molecule has 0 bridgehead atoms. The van der Waals surface area contributed by atoms with E-state index in [-0.39, 0.29) is 11.6 Å². The molecular weight excluding hydrogens is 190 g/mol. The second kappa shape index (κ2) is 4.84. The normalized spacial score (nSPS) is 18.9. The van der Waals surface area contributed by atoms with Crippen molar-refractivity contribution in [2.45, 2.75) is 38.1 Å². The Morgan fingerprint density at radius 1 is 1.33 bits per heavy atom. The summed E-state index contributed by atoms with van der Waals surface area (Å²) in [5, 5.41) is 0. The summed E-state index contributed by atoms with van der Waals surface area (Å²) in [6.45, 7) is 3.30. The minimum absolute atomic E-state index is 0.0828. The highest BCUT2D eigenvalue weighted by Crippen LogP contribution is 2.33. The minimum Gasteiger partial charge on any atom is -0.328 e. The molecule has 1 aliphatic rings. The summed E-state index contributed by atoms with van der Waals surface area (Å²) in [7, 11) is 3.71. The lowest BCUT2D eigenvalue weighted by atomic mass is 9.96. The Morgan fingerprint density at radius 3 is 2.27 bits per heavy atom. The van der Waals surface area contributed by atoms with Gasteiger partial charge in [-0.3, -0.25) is 0 Å². The summed E-state index contributed by atoms with van der Waals surface area (Å²) < 4.78 is 0. The van der Waals surface area contributed by atoms with Gasteiger partial charge in [-0.25, -0.2) is 4.79 Å². The Morgan fingerprint density at radius 2 is 1.87 bits per heavy atom. The van der Waals surface area contributed by atoms with Crippen LogP contribution >= 0.6 is 0 Å². The zero-order valence-electron chi connectivity index (χ0n) is 10.1. The first-order valence-corrected chi connectivity index (χ1v) is 5.76. The smallest absolute Gasteiger partial charge is 0.319 e. The quantitative estimate of drug-likeness (QED) is 0.767. The Kier molecular flexibility index (Phi) is 3.97. The Hall–Kier alpha value is -0.770. The number of amides is 2. The van der Waals surface area contributed by atoms with Crippen LogP contribution in [0.2, 0.25) is 0 Å². The van der Waals surface area contributed by atoms with E-state index in [9.17, 15) is 4.79 Å². The molecule has 4 nitrogen and oxygen atoms in total. The maximum absolute atomic E-state index is 12.0. The van der Waals surface area contributed by atoms with Crippen molar-refractivity contribution in [3.8, 4) is 0 Å². The summed E-state index contributed by atoms with van der Waals surface area (Å²) >= 11 is 0. The van der Waals surface area contributed by atoms with E-state index in [0.717, 1.165) is 19.4 Å². The third-order valence-corrected chi connectivity index (χ3v) is 3.71. The first kappa shape index (κ1) is 12.3. The Labute approximate surface area is 92.4 Å². The van der Waals surface area contributed by atoms with Crippen LogP contribution in [-0.4, -0.2) is 48.6 Å². The van der Waals surface area contributed by atoms with Crippen LogP contribution in [0.15, 0.2) is 0 Å². The molecule has 2 amide bonds. The predicted octanol–water partition coefficient (Wildman–Crippen LogP) is 1.26. The van der Waals surface area contributed by atoms with Crippen molar-refractivity contribution in [1.29, 1.82) is 0 Å². The van der Waals surface area contributed by atoms with Gasteiger partial charge in [-0.05, 0) is 19.8 Å². The molecule has 0 unspecified atom stereocenters. The number of nitrogens with two attached hydrogens (primary N) is 1. The molecule has 0 aromatic carbocycles. The molecule has 15 heavy (non-hydrogen) atoms. The number of urea groups is 1. The molecule has 4 heteroatoms. The van der Waals surface area contributed by atoms with Gasteiger partial charge in [0.15, 0.2) is 0 Å². The highest BCUT2D eigenvalue weighted by Gasteiger charge is 2.39. The molecule has 1 rings (SSSR count). The number of carbonyl (C=O) groups excluding carboxylic acids is 1. The summed E-state index contributed by atoms with van der Waals surface area (Å²) in [4.78, 5) is 15.6. The number of rotatable bonds is 3. The molecule has 0 heterocycles. The van der Waals surface area contributed by atoms with Crippen LogP contribution in [0.1, 0.15) is 32.6 Å². The van der Waals surface area contributed by atoms with Crippen molar-refractivity contribution in [1.82, 2.24) is 9.80 Å². The van der Waals surface area contributed by atoms with Gasteiger partial charge in [0.2, 0.25) is 0 Å². The van der Waals surface area contributed by atoms with Gasteiger partial charge in [-0.1, -0.05) is 12.8 Å². The van der Waals surface area contributed by atoms with E-state index in [2.05, 4.69) is 0 Å². The van der Waals surface area contributed by atoms with Crippen molar-refractivity contribution < 1.29 is 4.79 Å². The van der Waals surface area contributed by atoms with E-state index in [1.54, 1.807) is 4.90 Å². The average molecular weight is 213 g/mol. The average Bonchev–Trinajstić information content (AvgIpc) is 2.75. The minimum atomic E-state index is -0.0828. The zero-order chi connectivity index (χ0) is 11.5. The van der Waals surface area contributed by atoms with Gasteiger partial charge in [0.05, 0.1) is 5.54 Å². The maximum atomic E-state index is 12.0. The summed E-state index contributed by atoms with van der Waals surface area (Å²) in [6, 6.07) is 0.0878. The maximum Gasteiger partial charge on any atom is 0.319 e. The van der Waals surface area contributed by atoms with Crippen LogP contribution in [0.25, 0.3) is 0 Å². The third-order valence-electron chi connectivity index (χ3n) is 3.71. The molecule has 0 saturated heterocycles. The number of hydrogen-bond donors (Lipinski definition) is 1. The highest BCUT2D eigenvalue weighted by atomic mass is 16.2. The van der Waals surface area contributed by atoms with Crippen molar-refractivity contribution >= 4 is 6.03 Å². The topological polar surface area (TPSA) is 49.6 Å². The number of hydrogen-bond acceptors (Lipinski definition) is 2. The molecule has 88 valence electrons.